The third-order valence-corrected chi connectivity index (χ3v) is 3.26. The van der Waals surface area contributed by atoms with Crippen LogP contribution in [-0.2, 0) is 4.79 Å². The Bertz CT molecular complexity index is 207. The van der Waals surface area contributed by atoms with Crippen molar-refractivity contribution in [3.8, 4) is 0 Å². The Balaban J connectivity index is 2.59. The van der Waals surface area contributed by atoms with Gasteiger partial charge in [-0.2, -0.15) is 0 Å². The van der Waals surface area contributed by atoms with Gasteiger partial charge in [-0.05, 0) is 45.7 Å². The monoisotopic (exact) mass is 199 g/mol. The number of amides is 1. The molecule has 0 aliphatic carbocycles. The third kappa shape index (κ3) is 2.25. The number of likely N-dealkylation sites (tertiary alicyclic amines) is 1. The molecule has 3 N–H and O–H groups in total. The first-order valence-corrected chi connectivity index (χ1v) is 5.24. The highest BCUT2D eigenvalue weighted by molar-refractivity contribution is 5.84. The fraction of sp³-hybridized carbons (Fsp3) is 0.900. The maximum Gasteiger partial charge on any atom is 0.253 e. The molecule has 1 heterocycles. The van der Waals surface area contributed by atoms with Gasteiger partial charge >= 0.3 is 0 Å². The van der Waals surface area contributed by atoms with Gasteiger partial charge in [0.15, 0.2) is 0 Å². The zero-order valence-electron chi connectivity index (χ0n) is 9.34. The van der Waals surface area contributed by atoms with Crippen LogP contribution in [0.15, 0.2) is 0 Å². The summed E-state index contributed by atoms with van der Waals surface area (Å²) in [5.41, 5.74) is 1.76. The topological polar surface area (TPSA) is 58.4 Å². The number of carbonyl (C=O) groups excluding carboxylic acids is 1. The molecular formula is C10H21N3O. The largest absolute Gasteiger partial charge is 0.293 e. The summed E-state index contributed by atoms with van der Waals surface area (Å²) in [6, 6.07) is 0. The molecule has 0 saturated carbocycles. The van der Waals surface area contributed by atoms with Crippen molar-refractivity contribution < 1.29 is 4.79 Å². The van der Waals surface area contributed by atoms with Crippen molar-refractivity contribution >= 4 is 5.91 Å². The van der Waals surface area contributed by atoms with E-state index in [2.05, 4.69) is 17.2 Å². The lowest BCUT2D eigenvalue weighted by Gasteiger charge is -2.40. The molecule has 1 aliphatic heterocycles. The first-order valence-electron chi connectivity index (χ1n) is 5.24. The first kappa shape index (κ1) is 11.5. The smallest absolute Gasteiger partial charge is 0.253 e. The Labute approximate surface area is 85.8 Å². The van der Waals surface area contributed by atoms with Crippen molar-refractivity contribution in [2.24, 2.45) is 11.8 Å². The zero-order chi connectivity index (χ0) is 10.8. The van der Waals surface area contributed by atoms with Crippen molar-refractivity contribution in [1.82, 2.24) is 10.3 Å². The van der Waals surface area contributed by atoms with Crippen LogP contribution in [0.5, 0.6) is 0 Å². The fourth-order valence-corrected chi connectivity index (χ4v) is 1.89. The summed E-state index contributed by atoms with van der Waals surface area (Å²) in [6.07, 6.45) is 2.34. The minimum atomic E-state index is -0.477. The lowest BCUT2D eigenvalue weighted by Crippen LogP contribution is -2.58. The number of piperidine rings is 1. The number of hydrazine groups is 1. The van der Waals surface area contributed by atoms with E-state index in [1.165, 1.54) is 12.8 Å². The molecule has 1 amide bonds. The van der Waals surface area contributed by atoms with Crippen LogP contribution in [0.25, 0.3) is 0 Å². The van der Waals surface area contributed by atoms with Gasteiger partial charge in [0.25, 0.3) is 5.91 Å². The Kier molecular flexibility index (Phi) is 3.50. The molecule has 0 atom stereocenters. The molecule has 82 valence electrons. The fourth-order valence-electron chi connectivity index (χ4n) is 1.89. The molecule has 0 radical (unpaired) electrons. The van der Waals surface area contributed by atoms with E-state index in [-0.39, 0.29) is 5.91 Å². The molecule has 1 aliphatic rings. The summed E-state index contributed by atoms with van der Waals surface area (Å²) in [7, 11) is 0. The van der Waals surface area contributed by atoms with E-state index in [0.717, 1.165) is 19.0 Å². The highest BCUT2D eigenvalue weighted by Gasteiger charge is 2.35. The SMILES string of the molecule is CC1CCN(C(C)(C)C(=O)NN)CC1. The van der Waals surface area contributed by atoms with Gasteiger partial charge in [-0.3, -0.25) is 15.1 Å². The molecule has 4 nitrogen and oxygen atoms in total. The van der Waals surface area contributed by atoms with Crippen LogP contribution in [0, 0.1) is 5.92 Å². The zero-order valence-corrected chi connectivity index (χ0v) is 9.34. The van der Waals surface area contributed by atoms with E-state index in [0.29, 0.717) is 0 Å². The molecule has 0 aromatic rings. The van der Waals surface area contributed by atoms with Gasteiger partial charge in [0.05, 0.1) is 5.54 Å². The maximum absolute atomic E-state index is 11.5. The Morgan fingerprint density at radius 3 is 2.36 bits per heavy atom. The second kappa shape index (κ2) is 4.28. The molecule has 0 aromatic heterocycles. The molecule has 0 aromatic carbocycles. The van der Waals surface area contributed by atoms with Crippen LogP contribution in [0.4, 0.5) is 0 Å². The first-order chi connectivity index (χ1) is 6.48. The van der Waals surface area contributed by atoms with Crippen LogP contribution in [0.1, 0.15) is 33.6 Å². The third-order valence-electron chi connectivity index (χ3n) is 3.26. The predicted octanol–water partition coefficient (Wildman–Crippen LogP) is 0.487. The standard InChI is InChI=1S/C10H21N3O/c1-8-4-6-13(7-5-8)10(2,3)9(14)12-11/h8H,4-7,11H2,1-3H3,(H,12,14). The molecule has 1 fully saturated rings. The minimum Gasteiger partial charge on any atom is -0.293 e. The van der Waals surface area contributed by atoms with E-state index in [1.807, 2.05) is 13.8 Å². The van der Waals surface area contributed by atoms with Crippen molar-refractivity contribution in [3.05, 3.63) is 0 Å². The number of nitrogens with one attached hydrogen (secondary N) is 1. The lowest BCUT2D eigenvalue weighted by atomic mass is 9.93. The van der Waals surface area contributed by atoms with Crippen molar-refractivity contribution in [2.45, 2.75) is 39.2 Å². The number of carbonyl (C=O) groups is 1. The van der Waals surface area contributed by atoms with Crippen LogP contribution in [-0.4, -0.2) is 29.4 Å². The molecule has 1 saturated heterocycles. The molecule has 4 heteroatoms. The highest BCUT2D eigenvalue weighted by atomic mass is 16.2. The Morgan fingerprint density at radius 1 is 1.43 bits per heavy atom. The molecule has 0 bridgehead atoms. The Morgan fingerprint density at radius 2 is 1.93 bits per heavy atom. The highest BCUT2D eigenvalue weighted by Crippen LogP contribution is 2.23. The van der Waals surface area contributed by atoms with E-state index >= 15 is 0 Å². The van der Waals surface area contributed by atoms with Gasteiger partial charge < -0.3 is 0 Å². The van der Waals surface area contributed by atoms with Gasteiger partial charge in [-0.25, -0.2) is 5.84 Å². The number of rotatable bonds is 2. The van der Waals surface area contributed by atoms with E-state index < -0.39 is 5.54 Å². The van der Waals surface area contributed by atoms with Gasteiger partial charge in [0, 0.05) is 0 Å². The number of hydrogen-bond donors (Lipinski definition) is 2. The predicted molar refractivity (Wildman–Crippen MR) is 56.4 cm³/mol. The average Bonchev–Trinajstić information content (AvgIpc) is 2.17. The van der Waals surface area contributed by atoms with Gasteiger partial charge in [0.1, 0.15) is 0 Å². The number of hydrogen-bond acceptors (Lipinski definition) is 3. The minimum absolute atomic E-state index is 0.105. The van der Waals surface area contributed by atoms with E-state index in [4.69, 9.17) is 5.84 Å². The average molecular weight is 199 g/mol. The number of nitrogens with two attached hydrogens (primary N) is 1. The van der Waals surface area contributed by atoms with Crippen molar-refractivity contribution in [3.63, 3.8) is 0 Å². The van der Waals surface area contributed by atoms with Crippen LogP contribution < -0.4 is 11.3 Å². The number of nitrogens with zero attached hydrogens (tertiary/aromatic N) is 1. The van der Waals surface area contributed by atoms with Gasteiger partial charge in [-0.15, -0.1) is 0 Å². The molecule has 0 spiro atoms. The van der Waals surface area contributed by atoms with Crippen LogP contribution >= 0.6 is 0 Å². The molecule has 0 unspecified atom stereocenters. The molecule has 14 heavy (non-hydrogen) atoms. The lowest BCUT2D eigenvalue weighted by molar-refractivity contribution is -0.132. The maximum atomic E-state index is 11.5. The Hall–Kier alpha value is -0.610. The summed E-state index contributed by atoms with van der Waals surface area (Å²) in [5, 5.41) is 0. The second-order valence-corrected chi connectivity index (χ2v) is 4.70. The van der Waals surface area contributed by atoms with Crippen LogP contribution in [0.3, 0.4) is 0 Å². The second-order valence-electron chi connectivity index (χ2n) is 4.70. The van der Waals surface area contributed by atoms with E-state index in [9.17, 15) is 4.79 Å². The quantitative estimate of drug-likeness (QED) is 0.386. The van der Waals surface area contributed by atoms with Crippen molar-refractivity contribution in [1.29, 1.82) is 0 Å². The van der Waals surface area contributed by atoms with E-state index in [1.54, 1.807) is 0 Å². The molecular weight excluding hydrogens is 178 g/mol. The summed E-state index contributed by atoms with van der Waals surface area (Å²) in [6.45, 7) is 8.08. The van der Waals surface area contributed by atoms with Gasteiger partial charge in [-0.1, -0.05) is 6.92 Å². The van der Waals surface area contributed by atoms with Crippen LogP contribution in [0.2, 0.25) is 0 Å². The normalized spacial score (nSPS) is 20.9. The summed E-state index contributed by atoms with van der Waals surface area (Å²) in [5.74, 6) is 5.84. The van der Waals surface area contributed by atoms with Gasteiger partial charge in [0.2, 0.25) is 0 Å². The summed E-state index contributed by atoms with van der Waals surface area (Å²) in [4.78, 5) is 13.7. The summed E-state index contributed by atoms with van der Waals surface area (Å²) >= 11 is 0. The summed E-state index contributed by atoms with van der Waals surface area (Å²) < 4.78 is 0. The van der Waals surface area contributed by atoms with Crippen molar-refractivity contribution in [2.75, 3.05) is 13.1 Å². The molecule has 1 rings (SSSR count).